The van der Waals surface area contributed by atoms with Crippen molar-refractivity contribution >= 4 is 5.97 Å². The molecular formula is C27H36FNO2. The van der Waals surface area contributed by atoms with Gasteiger partial charge in [-0.2, -0.15) is 0 Å². The number of esters is 1. The topological polar surface area (TPSA) is 39.2 Å². The first kappa shape index (κ1) is 23.4. The van der Waals surface area contributed by atoms with Crippen LogP contribution in [-0.2, 0) is 17.6 Å². The molecule has 0 radical (unpaired) electrons. The number of carbonyl (C=O) groups is 1. The normalized spacial score (nSPS) is 18.6. The first-order valence-electron chi connectivity index (χ1n) is 12.0. The molecule has 3 rings (SSSR count). The summed E-state index contributed by atoms with van der Waals surface area (Å²) in [6.45, 7) is 2.25. The summed E-state index contributed by atoms with van der Waals surface area (Å²) in [7, 11) is 0. The third kappa shape index (κ3) is 8.08. The van der Waals surface area contributed by atoms with Gasteiger partial charge in [-0.3, -0.25) is 9.78 Å². The van der Waals surface area contributed by atoms with Crippen LogP contribution in [0.4, 0.5) is 4.39 Å². The zero-order chi connectivity index (χ0) is 21.9. The highest BCUT2D eigenvalue weighted by Crippen LogP contribution is 2.33. The van der Waals surface area contributed by atoms with Crippen molar-refractivity contribution in [2.45, 2.75) is 84.0 Å². The Morgan fingerprint density at radius 2 is 1.71 bits per heavy atom. The lowest BCUT2D eigenvalue weighted by Gasteiger charge is -2.27. The number of nitrogens with zero attached hydrogens (tertiary/aromatic N) is 1. The number of unbranched alkanes of at least 4 members (excludes halogenated alkanes) is 4. The van der Waals surface area contributed by atoms with E-state index in [9.17, 15) is 9.18 Å². The maximum atomic E-state index is 13.0. The third-order valence-corrected chi connectivity index (χ3v) is 6.50. The average molecular weight is 426 g/mol. The predicted octanol–water partition coefficient (Wildman–Crippen LogP) is 7.08. The molecule has 0 bridgehead atoms. The highest BCUT2D eigenvalue weighted by atomic mass is 19.1. The number of aromatic nitrogens is 1. The molecule has 3 nitrogen and oxygen atoms in total. The minimum Gasteiger partial charge on any atom is -0.425 e. The van der Waals surface area contributed by atoms with Crippen molar-refractivity contribution in [3.63, 3.8) is 0 Å². The van der Waals surface area contributed by atoms with Crippen LogP contribution < -0.4 is 4.74 Å². The number of benzene rings is 1. The van der Waals surface area contributed by atoms with Gasteiger partial charge in [-0.1, -0.05) is 57.6 Å². The molecule has 0 amide bonds. The summed E-state index contributed by atoms with van der Waals surface area (Å²) < 4.78 is 18.6. The van der Waals surface area contributed by atoms with Gasteiger partial charge in [0.15, 0.2) is 0 Å². The van der Waals surface area contributed by atoms with Crippen LogP contribution in [0.3, 0.4) is 0 Å². The van der Waals surface area contributed by atoms with E-state index in [1.807, 2.05) is 12.1 Å². The molecule has 1 fully saturated rings. The van der Waals surface area contributed by atoms with Crippen molar-refractivity contribution < 1.29 is 13.9 Å². The molecule has 0 N–H and O–H groups in total. The van der Waals surface area contributed by atoms with Gasteiger partial charge in [0.1, 0.15) is 11.6 Å². The second kappa shape index (κ2) is 12.6. The van der Waals surface area contributed by atoms with Gasteiger partial charge in [0.05, 0.1) is 12.1 Å². The molecule has 168 valence electrons. The summed E-state index contributed by atoms with van der Waals surface area (Å²) in [4.78, 5) is 17.0. The van der Waals surface area contributed by atoms with E-state index in [0.717, 1.165) is 55.7 Å². The molecule has 0 unspecified atom stereocenters. The predicted molar refractivity (Wildman–Crippen MR) is 123 cm³/mol. The number of ether oxygens (including phenoxy) is 1. The maximum Gasteiger partial charge on any atom is 0.314 e. The minimum absolute atomic E-state index is 0.0227. The van der Waals surface area contributed by atoms with Gasteiger partial charge < -0.3 is 4.74 Å². The fourth-order valence-corrected chi connectivity index (χ4v) is 4.47. The molecule has 1 aliphatic carbocycles. The zero-order valence-electron chi connectivity index (χ0n) is 18.8. The molecule has 31 heavy (non-hydrogen) atoms. The highest BCUT2D eigenvalue weighted by molar-refractivity contribution is 5.75. The molecule has 0 saturated heterocycles. The van der Waals surface area contributed by atoms with E-state index in [2.05, 4.69) is 11.9 Å². The Labute approximate surface area is 186 Å². The van der Waals surface area contributed by atoms with Crippen LogP contribution >= 0.6 is 0 Å². The first-order chi connectivity index (χ1) is 15.1. The smallest absolute Gasteiger partial charge is 0.314 e. The molecule has 0 atom stereocenters. The van der Waals surface area contributed by atoms with E-state index < -0.39 is 0 Å². The lowest BCUT2D eigenvalue weighted by atomic mass is 9.80. The van der Waals surface area contributed by atoms with Gasteiger partial charge in [-0.05, 0) is 74.3 Å². The zero-order valence-corrected chi connectivity index (χ0v) is 18.8. The van der Waals surface area contributed by atoms with E-state index >= 15 is 0 Å². The number of rotatable bonds is 11. The molecule has 1 saturated carbocycles. The lowest BCUT2D eigenvalue weighted by molar-refractivity contribution is -0.140. The number of pyridine rings is 1. The van der Waals surface area contributed by atoms with Gasteiger partial charge >= 0.3 is 5.97 Å². The lowest BCUT2D eigenvalue weighted by Crippen LogP contribution is -2.25. The first-order valence-corrected chi connectivity index (χ1v) is 12.0. The summed E-state index contributed by atoms with van der Waals surface area (Å²) in [5, 5.41) is 0. The average Bonchev–Trinajstić information content (AvgIpc) is 2.80. The van der Waals surface area contributed by atoms with Crippen LogP contribution in [0.1, 0.15) is 82.4 Å². The van der Waals surface area contributed by atoms with E-state index in [1.54, 1.807) is 18.3 Å². The van der Waals surface area contributed by atoms with Gasteiger partial charge in [-0.25, -0.2) is 4.39 Å². The van der Waals surface area contributed by atoms with Crippen molar-refractivity contribution in [3.8, 4) is 5.75 Å². The van der Waals surface area contributed by atoms with Crippen LogP contribution in [0.15, 0.2) is 42.6 Å². The van der Waals surface area contributed by atoms with Crippen LogP contribution in [0.25, 0.3) is 0 Å². The Hall–Kier alpha value is -2.23. The summed E-state index contributed by atoms with van der Waals surface area (Å²) in [6, 6.07) is 10.3. The van der Waals surface area contributed by atoms with Crippen LogP contribution in [-0.4, -0.2) is 11.0 Å². The molecule has 1 heterocycles. The monoisotopic (exact) mass is 425 g/mol. The SMILES string of the molecule is CCCCCCCC1CCC(C(=O)Oc2ccc(CCc3ccc(F)cc3)nc2)CC1. The van der Waals surface area contributed by atoms with Crippen molar-refractivity contribution in [2.24, 2.45) is 11.8 Å². The second-order valence-electron chi connectivity index (χ2n) is 8.95. The van der Waals surface area contributed by atoms with Crippen molar-refractivity contribution in [2.75, 3.05) is 0 Å². The van der Waals surface area contributed by atoms with Crippen molar-refractivity contribution in [1.29, 1.82) is 0 Å². The van der Waals surface area contributed by atoms with Crippen LogP contribution in [0, 0.1) is 17.7 Å². The minimum atomic E-state index is -0.219. The number of halogens is 1. The summed E-state index contributed by atoms with van der Waals surface area (Å²) >= 11 is 0. The fraction of sp³-hybridized carbons (Fsp3) is 0.556. The van der Waals surface area contributed by atoms with Crippen molar-refractivity contribution in [1.82, 2.24) is 4.98 Å². The van der Waals surface area contributed by atoms with E-state index in [1.165, 1.54) is 50.7 Å². The number of aryl methyl sites for hydroxylation is 2. The highest BCUT2D eigenvalue weighted by Gasteiger charge is 2.27. The van der Waals surface area contributed by atoms with Gasteiger partial charge in [0.25, 0.3) is 0 Å². The van der Waals surface area contributed by atoms with Crippen molar-refractivity contribution in [3.05, 3.63) is 59.7 Å². The summed E-state index contributed by atoms with van der Waals surface area (Å²) in [5.74, 6) is 1.00. The maximum absolute atomic E-state index is 13.0. The molecule has 1 aromatic carbocycles. The van der Waals surface area contributed by atoms with E-state index in [4.69, 9.17) is 4.74 Å². The molecule has 2 aromatic rings. The fourth-order valence-electron chi connectivity index (χ4n) is 4.47. The van der Waals surface area contributed by atoms with Gasteiger partial charge in [0.2, 0.25) is 0 Å². The van der Waals surface area contributed by atoms with Gasteiger partial charge in [-0.15, -0.1) is 0 Å². The van der Waals surface area contributed by atoms with Gasteiger partial charge in [0, 0.05) is 5.69 Å². The largest absolute Gasteiger partial charge is 0.425 e. The Morgan fingerprint density at radius 3 is 2.39 bits per heavy atom. The van der Waals surface area contributed by atoms with Crippen LogP contribution in [0.2, 0.25) is 0 Å². The number of hydrogen-bond donors (Lipinski definition) is 0. The molecule has 1 aliphatic rings. The number of carbonyl (C=O) groups excluding carboxylic acids is 1. The standard InChI is InChI=1S/C27H36FNO2/c1-2-3-4-5-6-7-21-8-13-23(14-9-21)27(30)31-26-19-18-25(29-20-26)17-12-22-10-15-24(28)16-11-22/h10-11,15-16,18-21,23H,2-9,12-14,17H2,1H3. The third-order valence-electron chi connectivity index (χ3n) is 6.50. The molecule has 0 aliphatic heterocycles. The summed E-state index contributed by atoms with van der Waals surface area (Å²) in [6.07, 6.45) is 15.4. The Balaban J connectivity index is 1.36. The molecule has 1 aromatic heterocycles. The van der Waals surface area contributed by atoms with E-state index in [-0.39, 0.29) is 17.7 Å². The van der Waals surface area contributed by atoms with Crippen LogP contribution in [0.5, 0.6) is 5.75 Å². The summed E-state index contributed by atoms with van der Waals surface area (Å²) in [5.41, 5.74) is 2.01. The molecule has 4 heteroatoms. The number of hydrogen-bond acceptors (Lipinski definition) is 3. The Kier molecular flexibility index (Phi) is 9.51. The molecule has 0 spiro atoms. The quantitative estimate of drug-likeness (QED) is 0.285. The molecular weight excluding hydrogens is 389 g/mol. The second-order valence-corrected chi connectivity index (χ2v) is 8.95. The Bertz CT molecular complexity index is 780. The van der Waals surface area contributed by atoms with E-state index in [0.29, 0.717) is 5.75 Å². The Morgan fingerprint density at radius 1 is 0.968 bits per heavy atom.